The SMILES string of the molecule is CCCCCCCCCCCCCCCCCCc1ccc(-c2nc(-c3ccccc3)c(-c3ccccc3)[nH]2)cc1. The van der Waals surface area contributed by atoms with E-state index in [2.05, 4.69) is 96.8 Å². The average molecular weight is 549 g/mol. The predicted molar refractivity (Wildman–Crippen MR) is 178 cm³/mol. The Bertz CT molecular complexity index is 1150. The van der Waals surface area contributed by atoms with Crippen LogP contribution in [0.2, 0.25) is 0 Å². The van der Waals surface area contributed by atoms with E-state index in [0.717, 1.165) is 33.9 Å². The van der Waals surface area contributed by atoms with Crippen LogP contribution in [0.1, 0.15) is 115 Å². The van der Waals surface area contributed by atoms with Gasteiger partial charge < -0.3 is 4.98 Å². The van der Waals surface area contributed by atoms with Crippen molar-refractivity contribution >= 4 is 0 Å². The lowest BCUT2D eigenvalue weighted by Gasteiger charge is -2.05. The van der Waals surface area contributed by atoms with Gasteiger partial charge in [-0.2, -0.15) is 0 Å². The molecule has 1 aromatic heterocycles. The minimum atomic E-state index is 0.927. The number of aromatic amines is 1. The number of rotatable bonds is 20. The van der Waals surface area contributed by atoms with Gasteiger partial charge in [0, 0.05) is 16.7 Å². The Hall–Kier alpha value is -3.13. The summed E-state index contributed by atoms with van der Waals surface area (Å²) in [7, 11) is 0. The van der Waals surface area contributed by atoms with Gasteiger partial charge in [0.05, 0.1) is 11.4 Å². The second-order valence-electron chi connectivity index (χ2n) is 11.8. The quantitative estimate of drug-likeness (QED) is 0.109. The van der Waals surface area contributed by atoms with Crippen LogP contribution in [0, 0.1) is 0 Å². The summed E-state index contributed by atoms with van der Waals surface area (Å²) in [6.45, 7) is 2.30. The normalized spacial score (nSPS) is 11.2. The highest BCUT2D eigenvalue weighted by atomic mass is 14.9. The topological polar surface area (TPSA) is 28.7 Å². The number of hydrogen-bond donors (Lipinski definition) is 1. The number of H-pyrrole nitrogens is 1. The molecule has 1 heterocycles. The van der Waals surface area contributed by atoms with E-state index >= 15 is 0 Å². The molecule has 0 aliphatic rings. The number of unbranched alkanes of at least 4 members (excludes halogenated alkanes) is 15. The Kier molecular flexibility index (Phi) is 13.8. The van der Waals surface area contributed by atoms with Crippen LogP contribution >= 0.6 is 0 Å². The fourth-order valence-corrected chi connectivity index (χ4v) is 5.84. The summed E-state index contributed by atoms with van der Waals surface area (Å²) in [5.41, 5.74) is 6.93. The fraction of sp³-hybridized carbons (Fsp3) is 0.462. The monoisotopic (exact) mass is 548 g/mol. The van der Waals surface area contributed by atoms with Crippen LogP contribution in [0.5, 0.6) is 0 Å². The van der Waals surface area contributed by atoms with E-state index in [1.54, 1.807) is 0 Å². The van der Waals surface area contributed by atoms with Gasteiger partial charge in [0.25, 0.3) is 0 Å². The molecule has 0 radical (unpaired) electrons. The van der Waals surface area contributed by atoms with E-state index in [0.29, 0.717) is 0 Å². The molecule has 0 saturated carbocycles. The van der Waals surface area contributed by atoms with Gasteiger partial charge in [0.2, 0.25) is 0 Å². The lowest BCUT2D eigenvalue weighted by molar-refractivity contribution is 0.529. The highest BCUT2D eigenvalue weighted by molar-refractivity contribution is 5.81. The van der Waals surface area contributed by atoms with Crippen LogP contribution in [0.3, 0.4) is 0 Å². The third-order valence-electron chi connectivity index (χ3n) is 8.36. The Morgan fingerprint density at radius 3 is 1.44 bits per heavy atom. The van der Waals surface area contributed by atoms with Crippen LogP contribution in [-0.2, 0) is 6.42 Å². The highest BCUT2D eigenvalue weighted by Crippen LogP contribution is 2.33. The molecule has 218 valence electrons. The maximum Gasteiger partial charge on any atom is 0.138 e. The Morgan fingerprint density at radius 1 is 0.463 bits per heavy atom. The van der Waals surface area contributed by atoms with E-state index in [9.17, 15) is 0 Å². The lowest BCUT2D eigenvalue weighted by atomic mass is 10.0. The van der Waals surface area contributed by atoms with E-state index in [4.69, 9.17) is 4.98 Å². The van der Waals surface area contributed by atoms with Crippen LogP contribution < -0.4 is 0 Å². The number of aryl methyl sites for hydroxylation is 1. The first-order chi connectivity index (χ1) is 20.3. The van der Waals surface area contributed by atoms with Crippen molar-refractivity contribution < 1.29 is 0 Å². The number of benzene rings is 3. The molecule has 4 aromatic rings. The molecule has 2 heteroatoms. The van der Waals surface area contributed by atoms with Crippen molar-refractivity contribution in [3.8, 4) is 33.9 Å². The largest absolute Gasteiger partial charge is 0.337 e. The van der Waals surface area contributed by atoms with Crippen molar-refractivity contribution in [3.05, 3.63) is 90.5 Å². The van der Waals surface area contributed by atoms with Gasteiger partial charge in [-0.1, -0.05) is 188 Å². The standard InChI is InChI=1S/C39H52N2/c1-2-3-4-5-6-7-8-9-10-11-12-13-14-15-16-19-24-33-29-31-36(32-30-33)39-40-37(34-25-20-17-21-26-34)38(41-39)35-27-22-18-23-28-35/h17-18,20-23,25-32H,2-16,19,24H2,1H3,(H,40,41). The molecule has 3 aromatic carbocycles. The Labute approximate surface area is 250 Å². The first-order valence-corrected chi connectivity index (χ1v) is 16.7. The molecular formula is C39H52N2. The Balaban J connectivity index is 1.13. The van der Waals surface area contributed by atoms with Crippen molar-refractivity contribution in [2.24, 2.45) is 0 Å². The van der Waals surface area contributed by atoms with Crippen LogP contribution in [-0.4, -0.2) is 9.97 Å². The maximum absolute atomic E-state index is 5.05. The molecule has 0 atom stereocenters. The fourth-order valence-electron chi connectivity index (χ4n) is 5.84. The van der Waals surface area contributed by atoms with Crippen LogP contribution in [0.15, 0.2) is 84.9 Å². The molecule has 0 aliphatic carbocycles. The van der Waals surface area contributed by atoms with E-state index in [1.807, 2.05) is 0 Å². The van der Waals surface area contributed by atoms with Crippen molar-refractivity contribution in [1.82, 2.24) is 9.97 Å². The number of nitrogens with one attached hydrogen (secondary N) is 1. The zero-order chi connectivity index (χ0) is 28.4. The summed E-state index contributed by atoms with van der Waals surface area (Å²) in [5.74, 6) is 0.927. The van der Waals surface area contributed by atoms with Gasteiger partial charge in [-0.05, 0) is 18.4 Å². The molecule has 0 unspecified atom stereocenters. The molecular weight excluding hydrogens is 496 g/mol. The van der Waals surface area contributed by atoms with Crippen molar-refractivity contribution in [2.45, 2.75) is 116 Å². The number of nitrogens with zero attached hydrogens (tertiary/aromatic N) is 1. The number of imidazole rings is 1. The summed E-state index contributed by atoms with van der Waals surface area (Å²) in [6.07, 6.45) is 23.8. The molecule has 0 fully saturated rings. The van der Waals surface area contributed by atoms with Crippen LogP contribution in [0.4, 0.5) is 0 Å². The minimum absolute atomic E-state index is 0.927. The van der Waals surface area contributed by atoms with E-state index in [-0.39, 0.29) is 0 Å². The molecule has 41 heavy (non-hydrogen) atoms. The number of hydrogen-bond acceptors (Lipinski definition) is 1. The zero-order valence-corrected chi connectivity index (χ0v) is 25.6. The molecule has 0 bridgehead atoms. The van der Waals surface area contributed by atoms with E-state index in [1.165, 1.54) is 115 Å². The first kappa shape index (κ1) is 30.8. The van der Waals surface area contributed by atoms with Crippen molar-refractivity contribution in [2.75, 3.05) is 0 Å². The second kappa shape index (κ2) is 18.3. The molecule has 4 rings (SSSR count). The van der Waals surface area contributed by atoms with Gasteiger partial charge in [-0.25, -0.2) is 4.98 Å². The second-order valence-corrected chi connectivity index (χ2v) is 11.8. The lowest BCUT2D eigenvalue weighted by Crippen LogP contribution is -1.88. The molecule has 0 spiro atoms. The van der Waals surface area contributed by atoms with Gasteiger partial charge in [0.15, 0.2) is 0 Å². The van der Waals surface area contributed by atoms with Gasteiger partial charge in [0.1, 0.15) is 5.82 Å². The van der Waals surface area contributed by atoms with Gasteiger partial charge >= 0.3 is 0 Å². The Morgan fingerprint density at radius 2 is 0.927 bits per heavy atom. The summed E-state index contributed by atoms with van der Waals surface area (Å²) in [4.78, 5) is 8.67. The zero-order valence-electron chi connectivity index (χ0n) is 25.6. The molecule has 0 amide bonds. The highest BCUT2D eigenvalue weighted by Gasteiger charge is 2.15. The van der Waals surface area contributed by atoms with E-state index < -0.39 is 0 Å². The predicted octanol–water partition coefficient (Wildman–Crippen LogP) is 12.2. The summed E-state index contributed by atoms with van der Waals surface area (Å²) < 4.78 is 0. The smallest absolute Gasteiger partial charge is 0.138 e. The van der Waals surface area contributed by atoms with Crippen LogP contribution in [0.25, 0.3) is 33.9 Å². The number of aromatic nitrogens is 2. The maximum atomic E-state index is 5.05. The third kappa shape index (κ3) is 10.7. The van der Waals surface area contributed by atoms with Gasteiger partial charge in [-0.15, -0.1) is 0 Å². The third-order valence-corrected chi connectivity index (χ3v) is 8.36. The van der Waals surface area contributed by atoms with Crippen molar-refractivity contribution in [3.63, 3.8) is 0 Å². The molecule has 1 N–H and O–H groups in total. The summed E-state index contributed by atoms with van der Waals surface area (Å²) in [6, 6.07) is 30.0. The molecule has 2 nitrogen and oxygen atoms in total. The summed E-state index contributed by atoms with van der Waals surface area (Å²) >= 11 is 0. The first-order valence-electron chi connectivity index (χ1n) is 16.7. The van der Waals surface area contributed by atoms with Crippen molar-refractivity contribution in [1.29, 1.82) is 0 Å². The average Bonchev–Trinajstić information content (AvgIpc) is 3.48. The summed E-state index contributed by atoms with van der Waals surface area (Å²) in [5, 5.41) is 0. The molecule has 0 aliphatic heterocycles. The van der Waals surface area contributed by atoms with Gasteiger partial charge in [-0.3, -0.25) is 0 Å². The minimum Gasteiger partial charge on any atom is -0.337 e. The molecule has 0 saturated heterocycles.